The number of likely N-dealkylation sites (tertiary alicyclic amines) is 1. The Morgan fingerprint density at radius 2 is 1.92 bits per heavy atom. The van der Waals surface area contributed by atoms with E-state index in [0.29, 0.717) is 37.9 Å². The largest absolute Gasteiger partial charge is 0.492 e. The van der Waals surface area contributed by atoms with Crippen LogP contribution < -0.4 is 10.1 Å². The zero-order valence-electron chi connectivity index (χ0n) is 21.2. The second kappa shape index (κ2) is 10.7. The Morgan fingerprint density at radius 3 is 2.62 bits per heavy atom. The predicted octanol–water partition coefficient (Wildman–Crippen LogP) is 2.56. The fourth-order valence-corrected chi connectivity index (χ4v) is 7.34. The molecule has 1 aromatic heterocycles. The van der Waals surface area contributed by atoms with Gasteiger partial charge in [0.2, 0.25) is 15.9 Å². The number of fused-ring (bicyclic) bond motifs is 2. The number of hydrogen-bond acceptors (Lipinski definition) is 7. The first kappa shape index (κ1) is 27.8. The number of piperidine rings is 1. The van der Waals surface area contributed by atoms with Crippen molar-refractivity contribution in [2.24, 2.45) is 0 Å². The molecule has 0 aliphatic carbocycles. The molecule has 1 aromatic carbocycles. The zero-order valence-corrected chi connectivity index (χ0v) is 22.0. The number of halogens is 3. The molecular formula is C26H31F3N4O5S. The van der Waals surface area contributed by atoms with Gasteiger partial charge < -0.3 is 20.1 Å². The van der Waals surface area contributed by atoms with Gasteiger partial charge >= 0.3 is 6.18 Å². The Bertz CT molecular complexity index is 1300. The van der Waals surface area contributed by atoms with E-state index in [4.69, 9.17) is 4.74 Å². The summed E-state index contributed by atoms with van der Waals surface area (Å²) in [6, 6.07) is 7.21. The van der Waals surface area contributed by atoms with Crippen molar-refractivity contribution < 1.29 is 36.2 Å². The SMILES string of the molecule is O=C1NC2(CCOc3cc(-c4cccnc4)ccc3S(=O)(=O)N3C[C@H](O)C[C@@H]13)CCN(CCC(F)(F)F)CC2. The van der Waals surface area contributed by atoms with E-state index in [1.165, 1.54) is 6.07 Å². The highest BCUT2D eigenvalue weighted by molar-refractivity contribution is 7.89. The number of alkyl halides is 3. The maximum absolute atomic E-state index is 13.8. The van der Waals surface area contributed by atoms with Crippen LogP contribution in [0, 0.1) is 0 Å². The molecule has 5 rings (SSSR count). The molecule has 39 heavy (non-hydrogen) atoms. The van der Waals surface area contributed by atoms with E-state index in [2.05, 4.69) is 10.3 Å². The number of rotatable bonds is 3. The Balaban J connectivity index is 1.46. The lowest BCUT2D eigenvalue weighted by atomic mass is 9.84. The molecule has 2 aromatic rings. The van der Waals surface area contributed by atoms with Crippen LogP contribution in [0.1, 0.15) is 32.1 Å². The van der Waals surface area contributed by atoms with Crippen LogP contribution in [0.4, 0.5) is 13.2 Å². The minimum atomic E-state index is -4.24. The lowest BCUT2D eigenvalue weighted by molar-refractivity contribution is -0.139. The molecule has 2 N–H and O–H groups in total. The van der Waals surface area contributed by atoms with Gasteiger partial charge in [0.05, 0.1) is 19.1 Å². The molecule has 0 unspecified atom stereocenters. The number of pyridine rings is 1. The van der Waals surface area contributed by atoms with Crippen LogP contribution in [0.15, 0.2) is 47.6 Å². The number of carbonyl (C=O) groups is 1. The molecule has 0 radical (unpaired) electrons. The third-order valence-electron chi connectivity index (χ3n) is 7.81. The normalized spacial score (nSPS) is 25.7. The quantitative estimate of drug-likeness (QED) is 0.586. The standard InChI is InChI=1S/C26H31F3N4O5S/c27-26(28,29)7-12-32-10-5-25(6-11-32)8-13-38-22-14-18(19-2-1-9-30-16-19)3-4-23(22)39(36,37)33-17-20(34)15-21(33)24(35)31-25/h1-4,9,14,16,20-21,34H,5-8,10-13,15,17H2,(H,31,35)/t20-,21+/m1/s1. The molecule has 2 saturated heterocycles. The van der Waals surface area contributed by atoms with Gasteiger partial charge in [-0.25, -0.2) is 8.42 Å². The van der Waals surface area contributed by atoms with Crippen molar-refractivity contribution in [3.05, 3.63) is 42.7 Å². The molecule has 4 heterocycles. The third kappa shape index (κ3) is 6.06. The number of sulfonamides is 1. The molecule has 3 aliphatic heterocycles. The van der Waals surface area contributed by atoms with Crippen molar-refractivity contribution in [1.29, 1.82) is 0 Å². The van der Waals surface area contributed by atoms with E-state index in [-0.39, 0.29) is 36.8 Å². The molecule has 9 nitrogen and oxygen atoms in total. The van der Waals surface area contributed by atoms with Gasteiger partial charge in [-0.3, -0.25) is 9.78 Å². The number of nitrogens with zero attached hydrogens (tertiary/aromatic N) is 3. The van der Waals surface area contributed by atoms with Crippen molar-refractivity contribution in [2.45, 2.75) is 60.9 Å². The van der Waals surface area contributed by atoms with Gasteiger partial charge in [0.15, 0.2) is 0 Å². The zero-order chi connectivity index (χ0) is 27.8. The van der Waals surface area contributed by atoms with Crippen LogP contribution in [0.25, 0.3) is 11.1 Å². The Morgan fingerprint density at radius 1 is 1.15 bits per heavy atom. The number of ether oxygens (including phenoxy) is 1. The maximum atomic E-state index is 13.8. The van der Waals surface area contributed by atoms with Crippen LogP contribution in [0.3, 0.4) is 0 Å². The van der Waals surface area contributed by atoms with Crippen molar-refractivity contribution in [1.82, 2.24) is 19.5 Å². The molecule has 3 aliphatic rings. The first-order valence-corrected chi connectivity index (χ1v) is 14.4. The molecule has 13 heteroatoms. The molecule has 0 saturated carbocycles. The highest BCUT2D eigenvalue weighted by Crippen LogP contribution is 2.37. The molecule has 1 amide bonds. The van der Waals surface area contributed by atoms with Gasteiger partial charge in [-0.2, -0.15) is 17.5 Å². The lowest BCUT2D eigenvalue weighted by Crippen LogP contribution is -2.59. The number of aliphatic hydroxyl groups is 1. The molecule has 2 fully saturated rings. The maximum Gasteiger partial charge on any atom is 0.390 e. The van der Waals surface area contributed by atoms with Crippen LogP contribution in [0.5, 0.6) is 5.75 Å². The number of aromatic nitrogens is 1. The smallest absolute Gasteiger partial charge is 0.390 e. The molecule has 212 valence electrons. The van der Waals surface area contributed by atoms with Gasteiger partial charge in [0.25, 0.3) is 0 Å². The average Bonchev–Trinajstić information content (AvgIpc) is 3.30. The summed E-state index contributed by atoms with van der Waals surface area (Å²) in [6.45, 7) is 0.452. The molecule has 0 bridgehead atoms. The van der Waals surface area contributed by atoms with E-state index in [1.807, 2.05) is 6.07 Å². The summed E-state index contributed by atoms with van der Waals surface area (Å²) in [6.07, 6.45) is -1.80. The van der Waals surface area contributed by atoms with Crippen LogP contribution >= 0.6 is 0 Å². The first-order chi connectivity index (χ1) is 18.5. The summed E-state index contributed by atoms with van der Waals surface area (Å²) in [5.41, 5.74) is 0.691. The molecular weight excluding hydrogens is 537 g/mol. The van der Waals surface area contributed by atoms with Gasteiger partial charge in [-0.1, -0.05) is 12.1 Å². The van der Waals surface area contributed by atoms with E-state index >= 15 is 0 Å². The summed E-state index contributed by atoms with van der Waals surface area (Å²) < 4.78 is 72.9. The Labute approximate surface area is 225 Å². The van der Waals surface area contributed by atoms with E-state index in [1.54, 1.807) is 35.5 Å². The fraction of sp³-hybridized carbons (Fsp3) is 0.538. The monoisotopic (exact) mass is 568 g/mol. The minimum Gasteiger partial charge on any atom is -0.492 e. The minimum absolute atomic E-state index is 0.0528. The van der Waals surface area contributed by atoms with Crippen LogP contribution in [0.2, 0.25) is 0 Å². The van der Waals surface area contributed by atoms with E-state index in [0.717, 1.165) is 9.87 Å². The topological polar surface area (TPSA) is 112 Å². The van der Waals surface area contributed by atoms with Gasteiger partial charge in [0.1, 0.15) is 16.7 Å². The lowest BCUT2D eigenvalue weighted by Gasteiger charge is -2.43. The van der Waals surface area contributed by atoms with Crippen molar-refractivity contribution >= 4 is 15.9 Å². The number of aliphatic hydroxyl groups excluding tert-OH is 1. The van der Waals surface area contributed by atoms with E-state index < -0.39 is 46.2 Å². The number of carbonyl (C=O) groups excluding carboxylic acids is 1. The van der Waals surface area contributed by atoms with Gasteiger partial charge in [-0.15, -0.1) is 0 Å². The number of benzene rings is 1. The van der Waals surface area contributed by atoms with Crippen molar-refractivity contribution in [3.63, 3.8) is 0 Å². The second-order valence-corrected chi connectivity index (χ2v) is 12.3. The summed E-state index contributed by atoms with van der Waals surface area (Å²) in [5, 5.41) is 13.4. The predicted molar refractivity (Wildman–Crippen MR) is 135 cm³/mol. The Hall–Kier alpha value is -2.74. The number of hydrogen-bond donors (Lipinski definition) is 2. The average molecular weight is 569 g/mol. The highest BCUT2D eigenvalue weighted by atomic mass is 32.2. The summed E-state index contributed by atoms with van der Waals surface area (Å²) in [4.78, 5) is 19.2. The number of amides is 1. The van der Waals surface area contributed by atoms with Crippen molar-refractivity contribution in [2.75, 3.05) is 32.8 Å². The van der Waals surface area contributed by atoms with Crippen LogP contribution in [-0.4, -0.2) is 90.3 Å². The Kier molecular flexibility index (Phi) is 7.61. The van der Waals surface area contributed by atoms with Crippen LogP contribution in [-0.2, 0) is 14.8 Å². The van der Waals surface area contributed by atoms with Gasteiger partial charge in [0, 0.05) is 62.5 Å². The van der Waals surface area contributed by atoms with Crippen molar-refractivity contribution in [3.8, 4) is 16.9 Å². The molecule has 1 spiro atoms. The third-order valence-corrected chi connectivity index (χ3v) is 9.73. The summed E-state index contributed by atoms with van der Waals surface area (Å²) >= 11 is 0. The number of nitrogens with one attached hydrogen (secondary N) is 1. The summed E-state index contributed by atoms with van der Waals surface area (Å²) in [7, 11) is -4.22. The van der Waals surface area contributed by atoms with E-state index in [9.17, 15) is 31.5 Å². The first-order valence-electron chi connectivity index (χ1n) is 12.9. The highest BCUT2D eigenvalue weighted by Gasteiger charge is 2.47. The second-order valence-electron chi connectivity index (χ2n) is 10.5. The van der Waals surface area contributed by atoms with Gasteiger partial charge in [-0.05, 0) is 36.6 Å². The fourth-order valence-electron chi connectivity index (χ4n) is 5.59. The molecule has 2 atom stereocenters. The summed E-state index contributed by atoms with van der Waals surface area (Å²) in [5.74, 6) is -0.391.